The monoisotopic (exact) mass is 190 g/mol. The lowest BCUT2D eigenvalue weighted by atomic mass is 9.96. The summed E-state index contributed by atoms with van der Waals surface area (Å²) in [6.45, 7) is 4.01. The summed E-state index contributed by atoms with van der Waals surface area (Å²) in [5, 5.41) is 0. The molecule has 14 heavy (non-hydrogen) atoms. The molecule has 1 heterocycles. The van der Waals surface area contributed by atoms with Crippen LogP contribution in [0.2, 0.25) is 0 Å². The van der Waals surface area contributed by atoms with Gasteiger partial charge in [-0.3, -0.25) is 4.79 Å². The van der Waals surface area contributed by atoms with Crippen LogP contribution >= 0.6 is 0 Å². The third-order valence-corrected chi connectivity index (χ3v) is 2.56. The van der Waals surface area contributed by atoms with Crippen molar-refractivity contribution in [2.75, 3.05) is 0 Å². The van der Waals surface area contributed by atoms with E-state index in [1.54, 1.807) is 0 Å². The Kier molecular flexibility index (Phi) is 2.28. The molecule has 0 aliphatic heterocycles. The second kappa shape index (κ2) is 3.45. The highest BCUT2D eigenvalue weighted by atomic mass is 16.3. The highest BCUT2D eigenvalue weighted by Crippen LogP contribution is 2.26. The average molecular weight is 190 g/mol. The van der Waals surface area contributed by atoms with E-state index in [9.17, 15) is 4.79 Å². The molecule has 0 saturated heterocycles. The second-order valence-corrected chi connectivity index (χ2v) is 3.82. The molecule has 74 valence electrons. The van der Waals surface area contributed by atoms with Crippen LogP contribution in [0.5, 0.6) is 0 Å². The Morgan fingerprint density at radius 2 is 2.43 bits per heavy atom. The van der Waals surface area contributed by atoms with Crippen LogP contribution in [0.4, 0.5) is 0 Å². The van der Waals surface area contributed by atoms with Gasteiger partial charge in [-0.05, 0) is 30.0 Å². The predicted molar refractivity (Wildman–Crippen MR) is 55.2 cm³/mol. The fourth-order valence-electron chi connectivity index (χ4n) is 1.72. The van der Waals surface area contributed by atoms with Crippen LogP contribution < -0.4 is 0 Å². The SMILES string of the molecule is CCC(=O)c1cc2c(o1)C=CC(C)C2. The average Bonchev–Trinajstić information content (AvgIpc) is 2.59. The summed E-state index contributed by atoms with van der Waals surface area (Å²) in [4.78, 5) is 11.4. The molecule has 0 bridgehead atoms. The van der Waals surface area contributed by atoms with Gasteiger partial charge in [0.1, 0.15) is 5.76 Å². The zero-order valence-electron chi connectivity index (χ0n) is 8.54. The van der Waals surface area contributed by atoms with Crippen molar-refractivity contribution < 1.29 is 9.21 Å². The molecule has 0 saturated carbocycles. The van der Waals surface area contributed by atoms with Gasteiger partial charge in [0.05, 0.1) is 0 Å². The molecule has 1 atom stereocenters. The van der Waals surface area contributed by atoms with E-state index in [1.807, 2.05) is 19.1 Å². The molecule has 0 spiro atoms. The molecule has 1 aromatic heterocycles. The number of furan rings is 1. The van der Waals surface area contributed by atoms with Crippen LogP contribution in [0.25, 0.3) is 6.08 Å². The topological polar surface area (TPSA) is 30.2 Å². The first-order valence-corrected chi connectivity index (χ1v) is 5.04. The first-order chi connectivity index (χ1) is 6.70. The van der Waals surface area contributed by atoms with E-state index < -0.39 is 0 Å². The Labute approximate surface area is 83.6 Å². The van der Waals surface area contributed by atoms with Gasteiger partial charge in [0.25, 0.3) is 0 Å². The van der Waals surface area contributed by atoms with Crippen LogP contribution in [0.3, 0.4) is 0 Å². The van der Waals surface area contributed by atoms with Crippen molar-refractivity contribution in [2.45, 2.75) is 26.7 Å². The Morgan fingerprint density at radius 3 is 3.14 bits per heavy atom. The Bertz CT molecular complexity index is 385. The van der Waals surface area contributed by atoms with E-state index in [-0.39, 0.29) is 5.78 Å². The summed E-state index contributed by atoms with van der Waals surface area (Å²) in [6, 6.07) is 1.89. The van der Waals surface area contributed by atoms with Gasteiger partial charge in [0, 0.05) is 6.42 Å². The fraction of sp³-hybridized carbons (Fsp3) is 0.417. The van der Waals surface area contributed by atoms with E-state index in [0.29, 0.717) is 18.1 Å². The van der Waals surface area contributed by atoms with E-state index >= 15 is 0 Å². The minimum absolute atomic E-state index is 0.0838. The maximum Gasteiger partial charge on any atom is 0.197 e. The molecular formula is C12H14O2. The number of allylic oxidation sites excluding steroid dienone is 1. The van der Waals surface area contributed by atoms with Gasteiger partial charge >= 0.3 is 0 Å². The molecule has 0 aromatic carbocycles. The molecule has 0 amide bonds. The van der Waals surface area contributed by atoms with Gasteiger partial charge in [-0.15, -0.1) is 0 Å². The molecule has 2 nitrogen and oxygen atoms in total. The maximum absolute atomic E-state index is 11.4. The second-order valence-electron chi connectivity index (χ2n) is 3.82. The summed E-state index contributed by atoms with van der Waals surface area (Å²) < 4.78 is 5.47. The molecule has 0 radical (unpaired) electrons. The Hall–Kier alpha value is -1.31. The van der Waals surface area contributed by atoms with Gasteiger partial charge < -0.3 is 4.42 Å². The van der Waals surface area contributed by atoms with E-state index in [1.165, 1.54) is 0 Å². The fourth-order valence-corrected chi connectivity index (χ4v) is 1.72. The number of rotatable bonds is 2. The smallest absolute Gasteiger partial charge is 0.197 e. The number of carbonyl (C=O) groups is 1. The van der Waals surface area contributed by atoms with Crippen molar-refractivity contribution in [1.82, 2.24) is 0 Å². The number of fused-ring (bicyclic) bond motifs is 1. The van der Waals surface area contributed by atoms with Crippen LogP contribution in [0, 0.1) is 5.92 Å². The molecule has 2 heteroatoms. The van der Waals surface area contributed by atoms with Crippen molar-refractivity contribution in [3.63, 3.8) is 0 Å². The van der Waals surface area contributed by atoms with Crippen LogP contribution in [0.15, 0.2) is 16.6 Å². The highest BCUT2D eigenvalue weighted by Gasteiger charge is 2.17. The lowest BCUT2D eigenvalue weighted by molar-refractivity contribution is 0.0961. The molecule has 1 unspecified atom stereocenters. The van der Waals surface area contributed by atoms with Crippen molar-refractivity contribution >= 4 is 11.9 Å². The van der Waals surface area contributed by atoms with Crippen molar-refractivity contribution in [1.29, 1.82) is 0 Å². The first-order valence-electron chi connectivity index (χ1n) is 5.04. The standard InChI is InChI=1S/C12H14O2/c1-3-10(13)12-7-9-6-8(2)4-5-11(9)14-12/h4-5,7-8H,3,6H2,1-2H3. The number of Topliss-reactive ketones (excluding diaryl/α,β-unsaturated/α-hetero) is 1. The van der Waals surface area contributed by atoms with Gasteiger partial charge in [-0.25, -0.2) is 0 Å². The molecule has 1 aliphatic carbocycles. The number of hydrogen-bond acceptors (Lipinski definition) is 2. The minimum Gasteiger partial charge on any atom is -0.453 e. The summed E-state index contributed by atoms with van der Waals surface area (Å²) >= 11 is 0. The number of hydrogen-bond donors (Lipinski definition) is 0. The largest absolute Gasteiger partial charge is 0.453 e. The molecule has 0 fully saturated rings. The molecule has 1 aromatic rings. The van der Waals surface area contributed by atoms with Crippen molar-refractivity contribution in [3.8, 4) is 0 Å². The van der Waals surface area contributed by atoms with Gasteiger partial charge in [0.2, 0.25) is 0 Å². The van der Waals surface area contributed by atoms with Crippen molar-refractivity contribution in [2.24, 2.45) is 5.92 Å². The van der Waals surface area contributed by atoms with E-state index in [0.717, 1.165) is 17.7 Å². The number of ketones is 1. The normalized spacial score (nSPS) is 19.4. The zero-order chi connectivity index (χ0) is 10.1. The Morgan fingerprint density at radius 1 is 1.64 bits per heavy atom. The maximum atomic E-state index is 11.4. The number of carbonyl (C=O) groups excluding carboxylic acids is 1. The third kappa shape index (κ3) is 1.52. The minimum atomic E-state index is 0.0838. The lowest BCUT2D eigenvalue weighted by Crippen LogP contribution is -1.99. The molecule has 0 N–H and O–H groups in total. The van der Waals surface area contributed by atoms with Crippen LogP contribution in [-0.2, 0) is 6.42 Å². The zero-order valence-corrected chi connectivity index (χ0v) is 8.54. The van der Waals surface area contributed by atoms with Gasteiger partial charge in [-0.2, -0.15) is 0 Å². The van der Waals surface area contributed by atoms with E-state index in [2.05, 4.69) is 13.0 Å². The van der Waals surface area contributed by atoms with Gasteiger partial charge in [0.15, 0.2) is 11.5 Å². The summed E-state index contributed by atoms with van der Waals surface area (Å²) in [5.74, 6) is 2.00. The van der Waals surface area contributed by atoms with Crippen molar-refractivity contribution in [3.05, 3.63) is 29.2 Å². The van der Waals surface area contributed by atoms with Gasteiger partial charge in [-0.1, -0.05) is 19.9 Å². The van der Waals surface area contributed by atoms with Crippen LogP contribution in [0.1, 0.15) is 42.1 Å². The van der Waals surface area contributed by atoms with Crippen LogP contribution in [-0.4, -0.2) is 5.78 Å². The highest BCUT2D eigenvalue weighted by molar-refractivity contribution is 5.93. The first kappa shape index (κ1) is 9.25. The molecular weight excluding hydrogens is 176 g/mol. The molecule has 2 rings (SSSR count). The quantitative estimate of drug-likeness (QED) is 0.671. The predicted octanol–water partition coefficient (Wildman–Crippen LogP) is 3.08. The Balaban J connectivity index is 2.34. The third-order valence-electron chi connectivity index (χ3n) is 2.56. The molecule has 1 aliphatic rings. The van der Waals surface area contributed by atoms with E-state index in [4.69, 9.17) is 4.42 Å². The summed E-state index contributed by atoms with van der Waals surface area (Å²) in [5.41, 5.74) is 1.16. The lowest BCUT2D eigenvalue weighted by Gasteiger charge is -2.09. The summed E-state index contributed by atoms with van der Waals surface area (Å²) in [7, 11) is 0. The summed E-state index contributed by atoms with van der Waals surface area (Å²) in [6.07, 6.45) is 5.57.